The quantitative estimate of drug-likeness (QED) is 0.867. The molecule has 0 aromatic heterocycles. The van der Waals surface area contributed by atoms with Gasteiger partial charge in [-0.2, -0.15) is 0 Å². The highest BCUT2D eigenvalue weighted by Crippen LogP contribution is 2.31. The number of halogens is 3. The summed E-state index contributed by atoms with van der Waals surface area (Å²) < 4.78 is 27.3. The fourth-order valence-corrected chi connectivity index (χ4v) is 1.89. The van der Waals surface area contributed by atoms with Crippen LogP contribution in [0.3, 0.4) is 0 Å². The van der Waals surface area contributed by atoms with Crippen molar-refractivity contribution >= 4 is 11.6 Å². The highest BCUT2D eigenvalue weighted by molar-refractivity contribution is 6.30. The number of rotatable bonds is 2. The highest BCUT2D eigenvalue weighted by Gasteiger charge is 2.14. The van der Waals surface area contributed by atoms with Crippen LogP contribution in [0.1, 0.15) is 5.56 Å². The third-order valence-electron chi connectivity index (χ3n) is 2.52. The fraction of sp³-hybridized carbons (Fsp3) is 0.0769. The molecule has 0 atom stereocenters. The molecule has 2 aromatic rings. The van der Waals surface area contributed by atoms with Gasteiger partial charge in [0.25, 0.3) is 0 Å². The Morgan fingerprint density at radius 2 is 1.71 bits per heavy atom. The minimum atomic E-state index is -0.623. The van der Waals surface area contributed by atoms with Gasteiger partial charge in [-0.05, 0) is 35.4 Å². The van der Waals surface area contributed by atoms with E-state index in [1.165, 1.54) is 24.3 Å². The first kappa shape index (κ1) is 12.0. The van der Waals surface area contributed by atoms with Crippen LogP contribution in [0.25, 0.3) is 11.1 Å². The molecule has 2 rings (SSSR count). The van der Waals surface area contributed by atoms with Gasteiger partial charge < -0.3 is 5.73 Å². The first-order valence-corrected chi connectivity index (χ1v) is 5.44. The molecule has 0 fully saturated rings. The lowest BCUT2D eigenvalue weighted by Crippen LogP contribution is -2.01. The van der Waals surface area contributed by atoms with Crippen LogP contribution in [0.4, 0.5) is 8.78 Å². The molecular weight excluding hydrogens is 244 g/mol. The van der Waals surface area contributed by atoms with Gasteiger partial charge in [-0.15, -0.1) is 0 Å². The molecule has 17 heavy (non-hydrogen) atoms. The standard InChI is InChI=1S/C13H10ClF2N/c14-9-5-4-8(7-17)10(6-9)13-11(15)2-1-3-12(13)16/h1-6H,7,17H2. The molecule has 0 aliphatic heterocycles. The smallest absolute Gasteiger partial charge is 0.133 e. The Morgan fingerprint density at radius 1 is 1.06 bits per heavy atom. The van der Waals surface area contributed by atoms with E-state index in [4.69, 9.17) is 17.3 Å². The molecule has 0 unspecified atom stereocenters. The van der Waals surface area contributed by atoms with Crippen molar-refractivity contribution in [1.29, 1.82) is 0 Å². The molecule has 0 aliphatic carbocycles. The van der Waals surface area contributed by atoms with E-state index in [0.717, 1.165) is 0 Å². The third kappa shape index (κ3) is 2.30. The van der Waals surface area contributed by atoms with Gasteiger partial charge in [0.05, 0.1) is 5.56 Å². The van der Waals surface area contributed by atoms with Crippen LogP contribution >= 0.6 is 11.6 Å². The summed E-state index contributed by atoms with van der Waals surface area (Å²) >= 11 is 5.84. The van der Waals surface area contributed by atoms with Crippen LogP contribution in [0, 0.1) is 11.6 Å². The maximum Gasteiger partial charge on any atom is 0.133 e. The van der Waals surface area contributed by atoms with Gasteiger partial charge in [-0.1, -0.05) is 23.7 Å². The Hall–Kier alpha value is -1.45. The lowest BCUT2D eigenvalue weighted by molar-refractivity contribution is 0.589. The zero-order valence-corrected chi connectivity index (χ0v) is 9.64. The first-order chi connectivity index (χ1) is 8.13. The second-order valence-electron chi connectivity index (χ2n) is 3.60. The van der Waals surface area contributed by atoms with Gasteiger partial charge >= 0.3 is 0 Å². The predicted molar refractivity (Wildman–Crippen MR) is 64.7 cm³/mol. The molecule has 0 radical (unpaired) electrons. The van der Waals surface area contributed by atoms with E-state index in [1.54, 1.807) is 12.1 Å². The minimum Gasteiger partial charge on any atom is -0.326 e. The Morgan fingerprint density at radius 3 is 2.29 bits per heavy atom. The molecular formula is C13H10ClF2N. The maximum absolute atomic E-state index is 13.7. The van der Waals surface area contributed by atoms with Crippen molar-refractivity contribution < 1.29 is 8.78 Å². The molecule has 2 N–H and O–H groups in total. The summed E-state index contributed by atoms with van der Waals surface area (Å²) in [5.41, 5.74) is 6.51. The summed E-state index contributed by atoms with van der Waals surface area (Å²) in [6.45, 7) is 0.195. The summed E-state index contributed by atoms with van der Waals surface area (Å²) in [5.74, 6) is -1.25. The molecule has 0 amide bonds. The van der Waals surface area contributed by atoms with Crippen molar-refractivity contribution in [3.63, 3.8) is 0 Å². The molecule has 0 saturated heterocycles. The van der Waals surface area contributed by atoms with Crippen LogP contribution in [-0.4, -0.2) is 0 Å². The zero-order chi connectivity index (χ0) is 12.4. The Kier molecular flexibility index (Phi) is 3.41. The summed E-state index contributed by atoms with van der Waals surface area (Å²) in [4.78, 5) is 0. The van der Waals surface area contributed by atoms with Crippen LogP contribution in [0.2, 0.25) is 5.02 Å². The minimum absolute atomic E-state index is 0.0875. The van der Waals surface area contributed by atoms with Gasteiger partial charge in [-0.3, -0.25) is 0 Å². The number of hydrogen-bond acceptors (Lipinski definition) is 1. The largest absolute Gasteiger partial charge is 0.326 e. The van der Waals surface area contributed by atoms with Gasteiger partial charge in [0.2, 0.25) is 0 Å². The molecule has 1 nitrogen and oxygen atoms in total. The molecule has 0 spiro atoms. The number of nitrogens with two attached hydrogens (primary N) is 1. The Bertz CT molecular complexity index is 535. The van der Waals surface area contributed by atoms with Crippen molar-refractivity contribution in [1.82, 2.24) is 0 Å². The molecule has 4 heteroatoms. The van der Waals surface area contributed by atoms with Gasteiger partial charge in [-0.25, -0.2) is 8.78 Å². The van der Waals surface area contributed by atoms with E-state index < -0.39 is 11.6 Å². The van der Waals surface area contributed by atoms with E-state index in [1.807, 2.05) is 0 Å². The van der Waals surface area contributed by atoms with Crippen molar-refractivity contribution in [2.45, 2.75) is 6.54 Å². The fourth-order valence-electron chi connectivity index (χ4n) is 1.71. The normalized spacial score (nSPS) is 10.6. The monoisotopic (exact) mass is 253 g/mol. The Labute approximate surface area is 103 Å². The molecule has 88 valence electrons. The van der Waals surface area contributed by atoms with E-state index in [0.29, 0.717) is 16.1 Å². The highest BCUT2D eigenvalue weighted by atomic mass is 35.5. The van der Waals surface area contributed by atoms with Crippen LogP contribution in [-0.2, 0) is 6.54 Å². The molecule has 0 aliphatic rings. The second-order valence-corrected chi connectivity index (χ2v) is 4.04. The van der Waals surface area contributed by atoms with E-state index in [-0.39, 0.29) is 12.1 Å². The average molecular weight is 254 g/mol. The van der Waals surface area contributed by atoms with Crippen molar-refractivity contribution in [3.8, 4) is 11.1 Å². The SMILES string of the molecule is NCc1ccc(Cl)cc1-c1c(F)cccc1F. The lowest BCUT2D eigenvalue weighted by atomic mass is 9.99. The number of hydrogen-bond donors (Lipinski definition) is 1. The third-order valence-corrected chi connectivity index (χ3v) is 2.76. The molecule has 2 aromatic carbocycles. The van der Waals surface area contributed by atoms with E-state index in [9.17, 15) is 8.78 Å². The van der Waals surface area contributed by atoms with E-state index >= 15 is 0 Å². The van der Waals surface area contributed by atoms with E-state index in [2.05, 4.69) is 0 Å². The van der Waals surface area contributed by atoms with Crippen molar-refractivity contribution in [3.05, 3.63) is 58.6 Å². The van der Waals surface area contributed by atoms with Crippen LogP contribution in [0.15, 0.2) is 36.4 Å². The summed E-state index contributed by atoms with van der Waals surface area (Å²) in [6, 6.07) is 8.57. The number of benzene rings is 2. The van der Waals surface area contributed by atoms with Gasteiger partial charge in [0.1, 0.15) is 11.6 Å². The zero-order valence-electron chi connectivity index (χ0n) is 8.88. The maximum atomic E-state index is 13.7. The van der Waals surface area contributed by atoms with Gasteiger partial charge in [0, 0.05) is 11.6 Å². The topological polar surface area (TPSA) is 26.0 Å². The molecule has 0 saturated carbocycles. The Balaban J connectivity index is 2.71. The summed E-state index contributed by atoms with van der Waals surface area (Å²) in [5, 5.41) is 0.417. The van der Waals surface area contributed by atoms with Crippen LogP contribution in [0.5, 0.6) is 0 Å². The molecule has 0 heterocycles. The average Bonchev–Trinajstić information content (AvgIpc) is 2.29. The molecule has 0 bridgehead atoms. The predicted octanol–water partition coefficient (Wildman–Crippen LogP) is 3.74. The lowest BCUT2D eigenvalue weighted by Gasteiger charge is -2.10. The van der Waals surface area contributed by atoms with Crippen molar-refractivity contribution in [2.75, 3.05) is 0 Å². The summed E-state index contributed by atoms with van der Waals surface area (Å²) in [7, 11) is 0. The van der Waals surface area contributed by atoms with Crippen LogP contribution < -0.4 is 5.73 Å². The summed E-state index contributed by atoms with van der Waals surface area (Å²) in [6.07, 6.45) is 0. The first-order valence-electron chi connectivity index (χ1n) is 5.06. The van der Waals surface area contributed by atoms with Crippen molar-refractivity contribution in [2.24, 2.45) is 5.73 Å². The second kappa shape index (κ2) is 4.82. The van der Waals surface area contributed by atoms with Gasteiger partial charge in [0.15, 0.2) is 0 Å².